The van der Waals surface area contributed by atoms with Crippen LogP contribution < -0.4 is 0 Å². The van der Waals surface area contributed by atoms with Crippen molar-refractivity contribution < 1.29 is 0 Å². The second-order valence-electron chi connectivity index (χ2n) is 3.99. The van der Waals surface area contributed by atoms with Crippen molar-refractivity contribution in [3.05, 3.63) is 12.7 Å². The molecule has 0 saturated carbocycles. The van der Waals surface area contributed by atoms with Crippen molar-refractivity contribution in [1.82, 2.24) is 4.90 Å². The van der Waals surface area contributed by atoms with E-state index in [1.54, 1.807) is 0 Å². The molecule has 0 spiro atoms. The van der Waals surface area contributed by atoms with Crippen molar-refractivity contribution in [2.45, 2.75) is 18.9 Å². The van der Waals surface area contributed by atoms with Gasteiger partial charge in [-0.3, -0.25) is 4.90 Å². The van der Waals surface area contributed by atoms with Gasteiger partial charge in [0.05, 0.1) is 0 Å². The molecule has 3 fully saturated rings. The van der Waals surface area contributed by atoms with E-state index in [1.165, 1.54) is 25.9 Å². The van der Waals surface area contributed by atoms with Gasteiger partial charge in [-0.25, -0.2) is 0 Å². The van der Waals surface area contributed by atoms with Crippen LogP contribution in [0.5, 0.6) is 0 Å². The van der Waals surface area contributed by atoms with Crippen LogP contribution in [0.2, 0.25) is 0 Å². The van der Waals surface area contributed by atoms with Crippen molar-refractivity contribution in [3.63, 3.8) is 0 Å². The number of fused-ring (bicyclic) bond motifs is 3. The second kappa shape index (κ2) is 3.39. The molecular weight excluding hydrogens is 170 g/mol. The Balaban J connectivity index is 2.05. The fourth-order valence-electron chi connectivity index (χ4n) is 2.61. The van der Waals surface area contributed by atoms with Crippen LogP contribution in [0.1, 0.15) is 12.8 Å². The standard InChI is InChI=1S/C10H16ClN/c1-2-8-7-12-4-3-9(8)5-10(12)6-11/h2,8-10H,1,3-7H2. The van der Waals surface area contributed by atoms with E-state index >= 15 is 0 Å². The lowest BCUT2D eigenvalue weighted by molar-refractivity contribution is 0.0293. The summed E-state index contributed by atoms with van der Waals surface area (Å²) >= 11 is 5.90. The van der Waals surface area contributed by atoms with Gasteiger partial charge < -0.3 is 0 Å². The van der Waals surface area contributed by atoms with Crippen molar-refractivity contribution in [2.24, 2.45) is 11.8 Å². The fourth-order valence-corrected chi connectivity index (χ4v) is 2.93. The molecule has 0 aromatic rings. The summed E-state index contributed by atoms with van der Waals surface area (Å²) in [6.07, 6.45) is 4.77. The normalized spacial score (nSPS) is 46.1. The summed E-state index contributed by atoms with van der Waals surface area (Å²) in [5.74, 6) is 2.41. The average Bonchev–Trinajstić information content (AvgIpc) is 2.18. The van der Waals surface area contributed by atoms with E-state index in [0.717, 1.165) is 17.7 Å². The maximum atomic E-state index is 5.90. The Morgan fingerprint density at radius 1 is 1.58 bits per heavy atom. The first-order chi connectivity index (χ1) is 5.85. The largest absolute Gasteiger partial charge is 0.299 e. The van der Waals surface area contributed by atoms with E-state index in [9.17, 15) is 0 Å². The van der Waals surface area contributed by atoms with Gasteiger partial charge in [-0.2, -0.15) is 0 Å². The highest BCUT2D eigenvalue weighted by molar-refractivity contribution is 6.18. The Hall–Kier alpha value is -0.0100. The van der Waals surface area contributed by atoms with Crippen LogP contribution in [-0.4, -0.2) is 29.9 Å². The molecule has 3 heterocycles. The van der Waals surface area contributed by atoms with Gasteiger partial charge in [0.25, 0.3) is 0 Å². The van der Waals surface area contributed by atoms with E-state index in [0.29, 0.717) is 6.04 Å². The molecular formula is C10H16ClN. The number of piperidine rings is 3. The molecule has 68 valence electrons. The molecule has 3 aliphatic heterocycles. The SMILES string of the molecule is C=CC1CN2CCC1CC2CCl. The van der Waals surface area contributed by atoms with Gasteiger partial charge in [-0.15, -0.1) is 18.2 Å². The smallest absolute Gasteiger partial charge is 0.0379 e. The highest BCUT2D eigenvalue weighted by atomic mass is 35.5. The number of halogens is 1. The lowest BCUT2D eigenvalue weighted by atomic mass is 9.76. The molecule has 3 saturated heterocycles. The van der Waals surface area contributed by atoms with Crippen molar-refractivity contribution in [2.75, 3.05) is 19.0 Å². The number of rotatable bonds is 2. The molecule has 0 amide bonds. The van der Waals surface area contributed by atoms with Gasteiger partial charge in [-0.05, 0) is 31.2 Å². The first kappa shape index (κ1) is 8.58. The Bertz CT molecular complexity index is 181. The predicted octanol–water partition coefficient (Wildman–Crippen LogP) is 2.12. The Kier molecular flexibility index (Phi) is 2.42. The van der Waals surface area contributed by atoms with Crippen LogP contribution in [0.4, 0.5) is 0 Å². The summed E-state index contributed by atoms with van der Waals surface area (Å²) < 4.78 is 0. The number of hydrogen-bond donors (Lipinski definition) is 0. The third-order valence-electron chi connectivity index (χ3n) is 3.41. The minimum absolute atomic E-state index is 0.654. The highest BCUT2D eigenvalue weighted by Gasteiger charge is 2.37. The average molecular weight is 186 g/mol. The van der Waals surface area contributed by atoms with E-state index in [4.69, 9.17) is 11.6 Å². The van der Waals surface area contributed by atoms with Gasteiger partial charge in [0.2, 0.25) is 0 Å². The van der Waals surface area contributed by atoms with Crippen LogP contribution in [0.3, 0.4) is 0 Å². The third-order valence-corrected chi connectivity index (χ3v) is 3.77. The molecule has 0 aliphatic carbocycles. The van der Waals surface area contributed by atoms with E-state index in [1.807, 2.05) is 0 Å². The first-order valence-corrected chi connectivity index (χ1v) is 5.31. The van der Waals surface area contributed by atoms with Crippen LogP contribution in [0.25, 0.3) is 0 Å². The monoisotopic (exact) mass is 185 g/mol. The van der Waals surface area contributed by atoms with Crippen LogP contribution in [-0.2, 0) is 0 Å². The minimum atomic E-state index is 0.654. The Morgan fingerprint density at radius 2 is 2.42 bits per heavy atom. The highest BCUT2D eigenvalue weighted by Crippen LogP contribution is 2.36. The zero-order chi connectivity index (χ0) is 8.55. The third kappa shape index (κ3) is 1.29. The molecule has 12 heavy (non-hydrogen) atoms. The second-order valence-corrected chi connectivity index (χ2v) is 4.30. The summed E-state index contributed by atoms with van der Waals surface area (Å²) in [6.45, 7) is 6.35. The van der Waals surface area contributed by atoms with Crippen molar-refractivity contribution in [1.29, 1.82) is 0 Å². The number of hydrogen-bond acceptors (Lipinski definition) is 1. The summed E-state index contributed by atoms with van der Waals surface area (Å²) in [7, 11) is 0. The number of alkyl halides is 1. The molecule has 3 aliphatic rings. The Labute approximate surface area is 79.4 Å². The van der Waals surface area contributed by atoms with E-state index < -0.39 is 0 Å². The minimum Gasteiger partial charge on any atom is -0.299 e. The first-order valence-electron chi connectivity index (χ1n) is 4.77. The molecule has 2 heteroatoms. The quantitative estimate of drug-likeness (QED) is 0.471. The maximum absolute atomic E-state index is 5.90. The molecule has 0 aromatic carbocycles. The van der Waals surface area contributed by atoms with E-state index in [2.05, 4.69) is 17.6 Å². The summed E-state index contributed by atoms with van der Waals surface area (Å²) in [6, 6.07) is 0.654. The van der Waals surface area contributed by atoms with Crippen LogP contribution in [0.15, 0.2) is 12.7 Å². The zero-order valence-corrected chi connectivity index (χ0v) is 8.13. The maximum Gasteiger partial charge on any atom is 0.0379 e. The van der Waals surface area contributed by atoms with Gasteiger partial charge >= 0.3 is 0 Å². The lowest BCUT2D eigenvalue weighted by Crippen LogP contribution is -2.53. The summed E-state index contributed by atoms with van der Waals surface area (Å²) in [5.41, 5.74) is 0. The summed E-state index contributed by atoms with van der Waals surface area (Å²) in [5, 5.41) is 0. The van der Waals surface area contributed by atoms with E-state index in [-0.39, 0.29) is 0 Å². The number of nitrogens with zero attached hydrogens (tertiary/aromatic N) is 1. The van der Waals surface area contributed by atoms with Crippen LogP contribution in [0, 0.1) is 11.8 Å². The van der Waals surface area contributed by atoms with Gasteiger partial charge in [0.1, 0.15) is 0 Å². The molecule has 4 unspecified atom stereocenters. The van der Waals surface area contributed by atoms with Crippen molar-refractivity contribution >= 4 is 11.6 Å². The van der Waals surface area contributed by atoms with Crippen LogP contribution >= 0.6 is 11.6 Å². The van der Waals surface area contributed by atoms with Crippen molar-refractivity contribution in [3.8, 4) is 0 Å². The summed E-state index contributed by atoms with van der Waals surface area (Å²) in [4.78, 5) is 2.53. The molecule has 3 rings (SSSR count). The lowest BCUT2D eigenvalue weighted by Gasteiger charge is -2.48. The molecule has 0 N–H and O–H groups in total. The molecule has 0 aromatic heterocycles. The fraction of sp³-hybridized carbons (Fsp3) is 0.800. The van der Waals surface area contributed by atoms with Gasteiger partial charge in [0, 0.05) is 18.5 Å². The molecule has 4 atom stereocenters. The topological polar surface area (TPSA) is 3.24 Å². The van der Waals surface area contributed by atoms with Gasteiger partial charge in [0.15, 0.2) is 0 Å². The zero-order valence-electron chi connectivity index (χ0n) is 7.38. The molecule has 0 radical (unpaired) electrons. The predicted molar refractivity (Wildman–Crippen MR) is 52.5 cm³/mol. The van der Waals surface area contributed by atoms with Gasteiger partial charge in [-0.1, -0.05) is 6.08 Å². The Morgan fingerprint density at radius 3 is 2.92 bits per heavy atom. The molecule has 2 bridgehead atoms. The molecule has 1 nitrogen and oxygen atoms in total.